The lowest BCUT2D eigenvalue weighted by Gasteiger charge is -2.10. The highest BCUT2D eigenvalue weighted by molar-refractivity contribution is 5.92. The van der Waals surface area contributed by atoms with Crippen LogP contribution in [0, 0.1) is 0 Å². The highest BCUT2D eigenvalue weighted by atomic mass is 16.5. The van der Waals surface area contributed by atoms with Gasteiger partial charge in [0.2, 0.25) is 0 Å². The predicted molar refractivity (Wildman–Crippen MR) is 38.6 cm³/mol. The number of nitrogens with one attached hydrogen (secondary N) is 3. The number of hydrazine groups is 2. The van der Waals surface area contributed by atoms with Crippen molar-refractivity contribution in [2.45, 2.75) is 0 Å². The van der Waals surface area contributed by atoms with Crippen LogP contribution in [0.1, 0.15) is 0 Å². The summed E-state index contributed by atoms with van der Waals surface area (Å²) in [6, 6.07) is 0. The van der Waals surface area contributed by atoms with Gasteiger partial charge in [-0.2, -0.15) is 0 Å². The van der Waals surface area contributed by atoms with Gasteiger partial charge < -0.3 is 5.11 Å². The van der Waals surface area contributed by atoms with Crippen LogP contribution >= 0.6 is 0 Å². The minimum absolute atomic E-state index is 0.0313. The number of nitrogens with zero attached hydrogens (tertiary/aromatic N) is 1. The molecular formula is C5H8N4O4. The summed E-state index contributed by atoms with van der Waals surface area (Å²) < 4.78 is 0. The second-order valence-corrected chi connectivity index (χ2v) is 2.24. The Labute approximate surface area is 72.7 Å². The van der Waals surface area contributed by atoms with Gasteiger partial charge >= 0.3 is 5.97 Å². The molecule has 8 nitrogen and oxygen atoms in total. The predicted octanol–water partition coefficient (Wildman–Crippen LogP) is -2.26. The van der Waals surface area contributed by atoms with Gasteiger partial charge in [-0.25, -0.2) is 5.48 Å². The van der Waals surface area contributed by atoms with Crippen LogP contribution in [0.25, 0.3) is 0 Å². The van der Waals surface area contributed by atoms with Gasteiger partial charge in [-0.1, -0.05) is 0 Å². The van der Waals surface area contributed by atoms with E-state index in [0.29, 0.717) is 0 Å². The van der Waals surface area contributed by atoms with E-state index < -0.39 is 11.9 Å². The Morgan fingerprint density at radius 3 is 2.85 bits per heavy atom. The topological polar surface area (TPSA) is 114 Å². The van der Waals surface area contributed by atoms with Crippen molar-refractivity contribution in [1.82, 2.24) is 21.4 Å². The van der Waals surface area contributed by atoms with Gasteiger partial charge in [-0.15, -0.1) is 5.53 Å². The second-order valence-electron chi connectivity index (χ2n) is 2.24. The number of hydrogen-bond acceptors (Lipinski definition) is 6. The fourth-order valence-corrected chi connectivity index (χ4v) is 0.759. The molecule has 1 aliphatic heterocycles. The molecule has 0 aromatic carbocycles. The average molecular weight is 188 g/mol. The van der Waals surface area contributed by atoms with E-state index in [2.05, 4.69) is 11.0 Å². The number of carboxylic acid groups (broad SMARTS) is 1. The molecule has 1 rings (SSSR count). The van der Waals surface area contributed by atoms with Crippen LogP contribution in [0.2, 0.25) is 0 Å². The lowest BCUT2D eigenvalue weighted by Crippen LogP contribution is -2.40. The molecule has 0 aromatic heterocycles. The van der Waals surface area contributed by atoms with Crippen LogP contribution in [0.3, 0.4) is 0 Å². The van der Waals surface area contributed by atoms with Crippen LogP contribution in [-0.4, -0.2) is 33.7 Å². The summed E-state index contributed by atoms with van der Waals surface area (Å²) in [7, 11) is 0. The molecule has 5 N–H and O–H groups in total. The normalized spacial score (nSPS) is 14.8. The van der Waals surface area contributed by atoms with Gasteiger partial charge in [-0.3, -0.25) is 25.2 Å². The summed E-state index contributed by atoms with van der Waals surface area (Å²) in [5.74, 6) is -1.79. The molecule has 0 atom stereocenters. The molecule has 0 saturated heterocycles. The number of amides is 1. The summed E-state index contributed by atoms with van der Waals surface area (Å²) in [4.78, 5) is 21.0. The molecule has 0 aliphatic carbocycles. The fourth-order valence-electron chi connectivity index (χ4n) is 0.759. The molecule has 1 aliphatic rings. The van der Waals surface area contributed by atoms with E-state index in [4.69, 9.17) is 10.3 Å². The molecule has 8 heteroatoms. The molecule has 0 unspecified atom stereocenters. The lowest BCUT2D eigenvalue weighted by atomic mass is 10.4. The van der Waals surface area contributed by atoms with E-state index in [0.717, 1.165) is 5.01 Å². The molecular weight excluding hydrogens is 180 g/mol. The Balaban J connectivity index is 2.53. The van der Waals surface area contributed by atoms with Crippen molar-refractivity contribution in [3.8, 4) is 0 Å². The third-order valence-electron chi connectivity index (χ3n) is 1.27. The lowest BCUT2D eigenvalue weighted by molar-refractivity contribution is -0.138. The Morgan fingerprint density at radius 1 is 1.62 bits per heavy atom. The van der Waals surface area contributed by atoms with Crippen LogP contribution in [0.4, 0.5) is 0 Å². The molecule has 0 saturated carbocycles. The Kier molecular flexibility index (Phi) is 2.67. The van der Waals surface area contributed by atoms with Crippen molar-refractivity contribution in [3.63, 3.8) is 0 Å². The Morgan fingerprint density at radius 2 is 2.31 bits per heavy atom. The third-order valence-corrected chi connectivity index (χ3v) is 1.27. The quantitative estimate of drug-likeness (QED) is 0.251. The van der Waals surface area contributed by atoms with Gasteiger partial charge in [-0.05, 0) is 0 Å². The third kappa shape index (κ3) is 2.32. The zero-order valence-electron chi connectivity index (χ0n) is 6.44. The molecule has 1 amide bonds. The molecule has 0 aromatic rings. The SMILES string of the molecule is O=C(O)CN1C=C(C(=O)NO)NN1. The maximum absolute atomic E-state index is 10.7. The molecule has 0 bridgehead atoms. The number of rotatable bonds is 3. The van der Waals surface area contributed by atoms with E-state index in [1.165, 1.54) is 11.7 Å². The van der Waals surface area contributed by atoms with Crippen molar-refractivity contribution in [1.29, 1.82) is 0 Å². The number of carbonyl (C=O) groups excluding carboxylic acids is 1. The average Bonchev–Trinajstić information content (AvgIpc) is 2.50. The van der Waals surface area contributed by atoms with E-state index in [1.54, 1.807) is 0 Å². The van der Waals surface area contributed by atoms with Crippen molar-refractivity contribution in [2.24, 2.45) is 0 Å². The molecule has 13 heavy (non-hydrogen) atoms. The first kappa shape index (κ1) is 9.29. The number of hydroxylamine groups is 1. The maximum atomic E-state index is 10.7. The minimum atomic E-state index is -1.05. The molecule has 0 radical (unpaired) electrons. The van der Waals surface area contributed by atoms with Crippen molar-refractivity contribution in [3.05, 3.63) is 11.9 Å². The Hall–Kier alpha value is -1.80. The van der Waals surface area contributed by atoms with Gasteiger partial charge in [0.1, 0.15) is 12.2 Å². The largest absolute Gasteiger partial charge is 0.480 e. The standard InChI is InChI=1S/C5H8N4O4/c10-4(11)2-9-1-3(6-8-9)5(12)7-13/h1,6,8,13H,2H2,(H,7,12)(H,10,11). The van der Waals surface area contributed by atoms with Crippen LogP contribution in [0.15, 0.2) is 11.9 Å². The highest BCUT2D eigenvalue weighted by Crippen LogP contribution is 1.98. The van der Waals surface area contributed by atoms with Crippen molar-refractivity contribution in [2.75, 3.05) is 6.54 Å². The van der Waals surface area contributed by atoms with Crippen LogP contribution in [0.5, 0.6) is 0 Å². The summed E-state index contributed by atoms with van der Waals surface area (Å²) in [6.07, 6.45) is 1.22. The zero-order chi connectivity index (χ0) is 9.84. The first-order valence-corrected chi connectivity index (χ1v) is 3.30. The van der Waals surface area contributed by atoms with Gasteiger partial charge in [0.15, 0.2) is 0 Å². The van der Waals surface area contributed by atoms with Crippen LogP contribution in [-0.2, 0) is 9.59 Å². The molecule has 1 heterocycles. The van der Waals surface area contributed by atoms with Gasteiger partial charge in [0.25, 0.3) is 5.91 Å². The number of aliphatic carboxylic acids is 1. The smallest absolute Gasteiger partial charge is 0.324 e. The first-order chi connectivity index (χ1) is 6.13. The highest BCUT2D eigenvalue weighted by Gasteiger charge is 2.18. The van der Waals surface area contributed by atoms with Crippen LogP contribution < -0.4 is 16.4 Å². The number of carbonyl (C=O) groups is 2. The summed E-state index contributed by atoms with van der Waals surface area (Å²) >= 11 is 0. The molecule has 0 fully saturated rings. The first-order valence-electron chi connectivity index (χ1n) is 3.30. The Bertz CT molecular complexity index is 263. The zero-order valence-corrected chi connectivity index (χ0v) is 6.44. The maximum Gasteiger partial charge on any atom is 0.324 e. The summed E-state index contributed by atoms with van der Waals surface area (Å²) in [6.45, 7) is -0.296. The van der Waals surface area contributed by atoms with Gasteiger partial charge in [0.05, 0.1) is 0 Å². The number of hydrogen-bond donors (Lipinski definition) is 5. The monoisotopic (exact) mass is 188 g/mol. The second kappa shape index (κ2) is 3.74. The van der Waals surface area contributed by atoms with E-state index >= 15 is 0 Å². The van der Waals surface area contributed by atoms with E-state index in [-0.39, 0.29) is 12.2 Å². The van der Waals surface area contributed by atoms with Crippen molar-refractivity contribution < 1.29 is 19.9 Å². The van der Waals surface area contributed by atoms with E-state index in [1.807, 2.05) is 0 Å². The molecule has 0 spiro atoms. The number of carboxylic acids is 1. The summed E-state index contributed by atoms with van der Waals surface area (Å²) in [5, 5.41) is 17.7. The van der Waals surface area contributed by atoms with Gasteiger partial charge in [0, 0.05) is 6.20 Å². The summed E-state index contributed by atoms with van der Waals surface area (Å²) in [5.41, 5.74) is 6.18. The molecule has 72 valence electrons. The van der Waals surface area contributed by atoms with E-state index in [9.17, 15) is 9.59 Å². The fraction of sp³-hybridized carbons (Fsp3) is 0.200. The minimum Gasteiger partial charge on any atom is -0.480 e. The van der Waals surface area contributed by atoms with Crippen molar-refractivity contribution >= 4 is 11.9 Å².